The van der Waals surface area contributed by atoms with Crippen LogP contribution < -0.4 is 5.32 Å². The minimum Gasteiger partial charge on any atom is -0.380 e. The molecule has 0 saturated heterocycles. The van der Waals surface area contributed by atoms with E-state index >= 15 is 0 Å². The van der Waals surface area contributed by atoms with E-state index in [0.29, 0.717) is 0 Å². The summed E-state index contributed by atoms with van der Waals surface area (Å²) in [6.07, 6.45) is 0.554. The summed E-state index contributed by atoms with van der Waals surface area (Å²) in [5, 5.41) is 3.24. The fourth-order valence-corrected chi connectivity index (χ4v) is 0.657. The van der Waals surface area contributed by atoms with Gasteiger partial charge in [0.05, 0.1) is 12.2 Å². The molecular formula is C9H23NO2. The highest BCUT2D eigenvalue weighted by Gasteiger charge is 2.00. The molecule has 2 unspecified atom stereocenters. The quantitative estimate of drug-likeness (QED) is 0.663. The molecule has 0 saturated carbocycles. The molecule has 0 aromatic rings. The zero-order chi connectivity index (χ0) is 8.69. The Morgan fingerprint density at radius 1 is 1.00 bits per heavy atom. The molecule has 12 heavy (non-hydrogen) atoms. The number of methoxy groups -OCH3 is 2. The van der Waals surface area contributed by atoms with Crippen molar-refractivity contribution in [1.82, 2.24) is 5.32 Å². The smallest absolute Gasteiger partial charge is 0.0667 e. The van der Waals surface area contributed by atoms with Crippen LogP contribution in [0.4, 0.5) is 0 Å². The molecule has 0 amide bonds. The molecule has 0 heterocycles. The van der Waals surface area contributed by atoms with Crippen molar-refractivity contribution < 1.29 is 9.47 Å². The lowest BCUT2D eigenvalue weighted by Crippen LogP contribution is -2.32. The van der Waals surface area contributed by atoms with Crippen molar-refractivity contribution in [1.29, 1.82) is 0 Å². The summed E-state index contributed by atoms with van der Waals surface area (Å²) in [7, 11) is 3.43. The van der Waals surface area contributed by atoms with Gasteiger partial charge in [-0.05, 0) is 13.8 Å². The third-order valence-corrected chi connectivity index (χ3v) is 1.67. The van der Waals surface area contributed by atoms with Crippen molar-refractivity contribution in [2.24, 2.45) is 0 Å². The summed E-state index contributed by atoms with van der Waals surface area (Å²) >= 11 is 0. The van der Waals surface area contributed by atoms with E-state index in [2.05, 4.69) is 5.32 Å². The van der Waals surface area contributed by atoms with Crippen LogP contribution in [-0.4, -0.2) is 39.5 Å². The summed E-state index contributed by atoms with van der Waals surface area (Å²) in [5.74, 6) is 0. The molecule has 0 radical (unpaired) electrons. The topological polar surface area (TPSA) is 30.5 Å². The molecular weight excluding hydrogens is 154 g/mol. The number of hydrogen-bond donors (Lipinski definition) is 1. The van der Waals surface area contributed by atoms with Gasteiger partial charge in [0.15, 0.2) is 0 Å². The summed E-state index contributed by atoms with van der Waals surface area (Å²) in [6.45, 7) is 5.82. The van der Waals surface area contributed by atoms with Gasteiger partial charge in [0.25, 0.3) is 0 Å². The fourth-order valence-electron chi connectivity index (χ4n) is 0.657. The first-order valence-electron chi connectivity index (χ1n) is 3.97. The second kappa shape index (κ2) is 8.97. The van der Waals surface area contributed by atoms with Crippen LogP contribution in [0, 0.1) is 0 Å². The Morgan fingerprint density at radius 3 is 1.58 bits per heavy atom. The van der Waals surface area contributed by atoms with Gasteiger partial charge in [-0.25, -0.2) is 0 Å². The third-order valence-electron chi connectivity index (χ3n) is 1.67. The van der Waals surface area contributed by atoms with Crippen molar-refractivity contribution in [3.63, 3.8) is 0 Å². The monoisotopic (exact) mass is 177 g/mol. The van der Waals surface area contributed by atoms with E-state index in [1.165, 1.54) is 0 Å². The van der Waals surface area contributed by atoms with E-state index in [1.807, 2.05) is 13.8 Å². The minimum atomic E-state index is 0. The maximum atomic E-state index is 5.06. The first-order chi connectivity index (χ1) is 5.20. The Morgan fingerprint density at radius 2 is 1.33 bits per heavy atom. The SMILES string of the molecule is C.COC(C)CNCC(C)OC. The Hall–Kier alpha value is -0.120. The molecule has 0 aromatic carbocycles. The highest BCUT2D eigenvalue weighted by Crippen LogP contribution is 1.86. The predicted molar refractivity (Wildman–Crippen MR) is 52.5 cm³/mol. The van der Waals surface area contributed by atoms with Crippen molar-refractivity contribution in [2.75, 3.05) is 27.3 Å². The van der Waals surface area contributed by atoms with E-state index in [9.17, 15) is 0 Å². The Labute approximate surface area is 76.4 Å². The molecule has 0 aliphatic carbocycles. The predicted octanol–water partition coefficient (Wildman–Crippen LogP) is 1.28. The summed E-state index contributed by atoms with van der Waals surface area (Å²) in [6, 6.07) is 0. The highest BCUT2D eigenvalue weighted by molar-refractivity contribution is 4.58. The van der Waals surface area contributed by atoms with Gasteiger partial charge >= 0.3 is 0 Å². The van der Waals surface area contributed by atoms with Gasteiger partial charge in [0, 0.05) is 27.3 Å². The van der Waals surface area contributed by atoms with Crippen LogP contribution in [0.2, 0.25) is 0 Å². The van der Waals surface area contributed by atoms with Gasteiger partial charge in [0.2, 0.25) is 0 Å². The zero-order valence-electron chi connectivity index (χ0n) is 7.89. The molecule has 3 nitrogen and oxygen atoms in total. The first-order valence-corrected chi connectivity index (χ1v) is 3.97. The van der Waals surface area contributed by atoms with Crippen LogP contribution in [0.5, 0.6) is 0 Å². The van der Waals surface area contributed by atoms with E-state index < -0.39 is 0 Å². The number of ether oxygens (including phenoxy) is 2. The van der Waals surface area contributed by atoms with Gasteiger partial charge in [-0.3, -0.25) is 0 Å². The molecule has 3 heteroatoms. The van der Waals surface area contributed by atoms with Gasteiger partial charge in [0.1, 0.15) is 0 Å². The van der Waals surface area contributed by atoms with Crippen molar-refractivity contribution in [3.05, 3.63) is 0 Å². The molecule has 0 spiro atoms. The third kappa shape index (κ3) is 7.98. The molecule has 0 bridgehead atoms. The average molecular weight is 177 g/mol. The lowest BCUT2D eigenvalue weighted by atomic mass is 10.3. The number of rotatable bonds is 6. The molecule has 0 aliphatic rings. The van der Waals surface area contributed by atoms with Crippen molar-refractivity contribution in [2.45, 2.75) is 33.5 Å². The maximum Gasteiger partial charge on any atom is 0.0667 e. The van der Waals surface area contributed by atoms with Gasteiger partial charge in [-0.2, -0.15) is 0 Å². The van der Waals surface area contributed by atoms with Gasteiger partial charge < -0.3 is 14.8 Å². The first kappa shape index (κ1) is 14.4. The molecule has 0 aliphatic heterocycles. The van der Waals surface area contributed by atoms with Gasteiger partial charge in [-0.15, -0.1) is 0 Å². The van der Waals surface area contributed by atoms with Crippen LogP contribution in [0.3, 0.4) is 0 Å². The highest BCUT2D eigenvalue weighted by atomic mass is 16.5. The lowest BCUT2D eigenvalue weighted by Gasteiger charge is -2.13. The van der Waals surface area contributed by atoms with E-state index in [-0.39, 0.29) is 19.6 Å². The van der Waals surface area contributed by atoms with E-state index in [0.717, 1.165) is 13.1 Å². The van der Waals surface area contributed by atoms with Crippen LogP contribution in [0.25, 0.3) is 0 Å². The van der Waals surface area contributed by atoms with Gasteiger partial charge in [-0.1, -0.05) is 7.43 Å². The Bertz CT molecular complexity index is 78.6. The molecule has 76 valence electrons. The normalized spacial score (nSPS) is 15.0. The fraction of sp³-hybridized carbons (Fsp3) is 1.00. The second-order valence-corrected chi connectivity index (χ2v) is 2.75. The zero-order valence-corrected chi connectivity index (χ0v) is 7.89. The van der Waals surface area contributed by atoms with Crippen molar-refractivity contribution in [3.8, 4) is 0 Å². The molecule has 0 rings (SSSR count). The standard InChI is InChI=1S/C8H19NO2.CH4/c1-7(10-3)5-9-6-8(2)11-4;/h7-9H,5-6H2,1-4H3;1H4. The van der Waals surface area contributed by atoms with E-state index in [1.54, 1.807) is 14.2 Å². The molecule has 2 atom stereocenters. The minimum absolute atomic E-state index is 0. The summed E-state index contributed by atoms with van der Waals surface area (Å²) < 4.78 is 10.1. The van der Waals surface area contributed by atoms with Crippen LogP contribution in [0.15, 0.2) is 0 Å². The lowest BCUT2D eigenvalue weighted by molar-refractivity contribution is 0.0963. The molecule has 1 N–H and O–H groups in total. The second-order valence-electron chi connectivity index (χ2n) is 2.75. The number of hydrogen-bond acceptors (Lipinski definition) is 3. The average Bonchev–Trinajstić information content (AvgIpc) is 2.04. The van der Waals surface area contributed by atoms with Crippen LogP contribution in [-0.2, 0) is 9.47 Å². The molecule has 0 fully saturated rings. The van der Waals surface area contributed by atoms with Crippen LogP contribution >= 0.6 is 0 Å². The summed E-state index contributed by atoms with van der Waals surface area (Å²) in [4.78, 5) is 0. The summed E-state index contributed by atoms with van der Waals surface area (Å²) in [5.41, 5.74) is 0. The largest absolute Gasteiger partial charge is 0.380 e. The van der Waals surface area contributed by atoms with Crippen molar-refractivity contribution >= 4 is 0 Å². The number of nitrogens with one attached hydrogen (secondary N) is 1. The molecule has 0 aromatic heterocycles. The maximum absolute atomic E-state index is 5.06. The van der Waals surface area contributed by atoms with E-state index in [4.69, 9.17) is 9.47 Å². The van der Waals surface area contributed by atoms with Crippen LogP contribution in [0.1, 0.15) is 21.3 Å². The Balaban J connectivity index is 0. The Kier molecular flexibility index (Phi) is 10.8.